The van der Waals surface area contributed by atoms with Crippen LogP contribution in [0, 0.1) is 0 Å². The average Bonchev–Trinajstić information content (AvgIpc) is 3.18. The first-order valence-electron chi connectivity index (χ1n) is 9.65. The summed E-state index contributed by atoms with van der Waals surface area (Å²) in [5.74, 6) is 1.05. The highest BCUT2D eigenvalue weighted by Gasteiger charge is 2.19. The summed E-state index contributed by atoms with van der Waals surface area (Å²) in [5, 5.41) is 1.19. The van der Waals surface area contributed by atoms with Crippen molar-refractivity contribution in [3.05, 3.63) is 78.8 Å². The average molecular weight is 370 g/mol. The van der Waals surface area contributed by atoms with E-state index in [0.29, 0.717) is 0 Å². The summed E-state index contributed by atoms with van der Waals surface area (Å²) in [4.78, 5) is 11.5. The quantitative estimate of drug-likeness (QED) is 0.545. The van der Waals surface area contributed by atoms with Gasteiger partial charge in [-0.2, -0.15) is 0 Å². The molecular weight excluding hydrogens is 348 g/mol. The number of morpholine rings is 1. The number of pyridine rings is 2. The number of aromatic nitrogens is 3. The standard InChI is InChI=1S/C23H22N4O/c1-2-4-19(5-3-1)21-16-22-20(23(25-21)26-12-14-28-15-13-26)8-11-27(22)17-18-6-9-24-10-7-18/h1-11,16H,12-15,17H2. The van der Waals surface area contributed by atoms with E-state index >= 15 is 0 Å². The minimum atomic E-state index is 0.746. The van der Waals surface area contributed by atoms with E-state index in [1.165, 1.54) is 16.5 Å². The van der Waals surface area contributed by atoms with Gasteiger partial charge in [0.15, 0.2) is 0 Å². The van der Waals surface area contributed by atoms with E-state index in [1.54, 1.807) is 0 Å². The third-order valence-electron chi connectivity index (χ3n) is 5.23. The number of anilines is 1. The van der Waals surface area contributed by atoms with Crippen molar-refractivity contribution in [2.24, 2.45) is 0 Å². The zero-order valence-electron chi connectivity index (χ0n) is 15.7. The molecule has 3 aromatic heterocycles. The number of benzene rings is 1. The second-order valence-electron chi connectivity index (χ2n) is 7.03. The molecule has 4 aromatic rings. The summed E-state index contributed by atoms with van der Waals surface area (Å²) in [6.45, 7) is 4.05. The molecule has 140 valence electrons. The maximum atomic E-state index is 5.55. The predicted octanol–water partition coefficient (Wildman–Crippen LogP) is 3.98. The number of ether oxygens (including phenoxy) is 1. The van der Waals surface area contributed by atoms with E-state index in [2.05, 4.69) is 69.2 Å². The van der Waals surface area contributed by atoms with E-state index < -0.39 is 0 Å². The van der Waals surface area contributed by atoms with E-state index in [4.69, 9.17) is 9.72 Å². The molecule has 5 heteroatoms. The summed E-state index contributed by atoms with van der Waals surface area (Å²) < 4.78 is 7.85. The maximum absolute atomic E-state index is 5.55. The monoisotopic (exact) mass is 370 g/mol. The highest BCUT2D eigenvalue weighted by molar-refractivity contribution is 5.93. The zero-order valence-corrected chi connectivity index (χ0v) is 15.7. The molecular formula is C23H22N4O. The Morgan fingerprint density at radius 3 is 2.50 bits per heavy atom. The van der Waals surface area contributed by atoms with Crippen LogP contribution in [0.2, 0.25) is 0 Å². The first-order chi connectivity index (χ1) is 13.9. The van der Waals surface area contributed by atoms with E-state index in [1.807, 2.05) is 18.5 Å². The van der Waals surface area contributed by atoms with Crippen molar-refractivity contribution in [1.29, 1.82) is 0 Å². The minimum absolute atomic E-state index is 0.746. The van der Waals surface area contributed by atoms with Gasteiger partial charge in [0.05, 0.1) is 24.4 Å². The third-order valence-corrected chi connectivity index (χ3v) is 5.23. The molecule has 0 aliphatic carbocycles. The Labute approximate surface area is 164 Å². The molecule has 0 radical (unpaired) electrons. The third kappa shape index (κ3) is 3.25. The largest absolute Gasteiger partial charge is 0.378 e. The van der Waals surface area contributed by atoms with Gasteiger partial charge in [-0.15, -0.1) is 0 Å². The van der Waals surface area contributed by atoms with E-state index in [-0.39, 0.29) is 0 Å². The Balaban J connectivity index is 1.65. The number of hydrogen-bond donors (Lipinski definition) is 0. The fourth-order valence-electron chi connectivity index (χ4n) is 3.77. The number of hydrogen-bond acceptors (Lipinski definition) is 4. The Morgan fingerprint density at radius 1 is 0.929 bits per heavy atom. The van der Waals surface area contributed by atoms with Crippen molar-refractivity contribution in [3.63, 3.8) is 0 Å². The highest BCUT2D eigenvalue weighted by Crippen LogP contribution is 2.31. The topological polar surface area (TPSA) is 43.2 Å². The van der Waals surface area contributed by atoms with Gasteiger partial charge in [-0.25, -0.2) is 4.98 Å². The summed E-state index contributed by atoms with van der Waals surface area (Å²) in [6, 6.07) is 18.9. The lowest BCUT2D eigenvalue weighted by Gasteiger charge is -2.29. The van der Waals surface area contributed by atoms with Crippen LogP contribution in [0.25, 0.3) is 22.2 Å². The minimum Gasteiger partial charge on any atom is -0.378 e. The molecule has 0 unspecified atom stereocenters. The molecule has 1 aliphatic heterocycles. The van der Waals surface area contributed by atoms with Gasteiger partial charge in [0.1, 0.15) is 5.82 Å². The molecule has 0 N–H and O–H groups in total. The highest BCUT2D eigenvalue weighted by atomic mass is 16.5. The Bertz CT molecular complexity index is 1070. The number of nitrogens with zero attached hydrogens (tertiary/aromatic N) is 4. The zero-order chi connectivity index (χ0) is 18.8. The van der Waals surface area contributed by atoms with Crippen molar-refractivity contribution in [2.45, 2.75) is 6.54 Å². The van der Waals surface area contributed by atoms with Gasteiger partial charge in [-0.05, 0) is 29.8 Å². The number of rotatable bonds is 4. The number of fused-ring (bicyclic) bond motifs is 1. The molecule has 5 rings (SSSR count). The van der Waals surface area contributed by atoms with Crippen molar-refractivity contribution in [2.75, 3.05) is 31.2 Å². The molecule has 0 atom stereocenters. The fraction of sp³-hybridized carbons (Fsp3) is 0.217. The van der Waals surface area contributed by atoms with Gasteiger partial charge in [0, 0.05) is 49.2 Å². The van der Waals surface area contributed by atoms with Crippen molar-refractivity contribution in [1.82, 2.24) is 14.5 Å². The van der Waals surface area contributed by atoms with E-state index in [9.17, 15) is 0 Å². The molecule has 28 heavy (non-hydrogen) atoms. The van der Waals surface area contributed by atoms with Crippen LogP contribution in [0.15, 0.2) is 73.2 Å². The smallest absolute Gasteiger partial charge is 0.138 e. The van der Waals surface area contributed by atoms with Crippen LogP contribution < -0.4 is 4.90 Å². The van der Waals surface area contributed by atoms with Gasteiger partial charge < -0.3 is 14.2 Å². The predicted molar refractivity (Wildman–Crippen MR) is 112 cm³/mol. The first kappa shape index (κ1) is 17.0. The lowest BCUT2D eigenvalue weighted by molar-refractivity contribution is 0.122. The Hall–Kier alpha value is -3.18. The van der Waals surface area contributed by atoms with Crippen molar-refractivity contribution < 1.29 is 4.74 Å². The van der Waals surface area contributed by atoms with Gasteiger partial charge in [0.25, 0.3) is 0 Å². The van der Waals surface area contributed by atoms with Crippen LogP contribution >= 0.6 is 0 Å². The second-order valence-corrected chi connectivity index (χ2v) is 7.03. The molecule has 1 aliphatic rings. The fourth-order valence-corrected chi connectivity index (χ4v) is 3.77. The molecule has 1 saturated heterocycles. The summed E-state index contributed by atoms with van der Waals surface area (Å²) in [6.07, 6.45) is 5.85. The van der Waals surface area contributed by atoms with Crippen LogP contribution in [0.1, 0.15) is 5.56 Å². The van der Waals surface area contributed by atoms with Crippen LogP contribution in [0.3, 0.4) is 0 Å². The first-order valence-corrected chi connectivity index (χ1v) is 9.65. The maximum Gasteiger partial charge on any atom is 0.138 e. The van der Waals surface area contributed by atoms with Gasteiger partial charge in [0.2, 0.25) is 0 Å². The van der Waals surface area contributed by atoms with Gasteiger partial charge in [-0.3, -0.25) is 4.98 Å². The SMILES string of the molecule is c1ccc(-c2cc3c(ccn3Cc3ccncc3)c(N3CCOCC3)n2)cc1. The van der Waals surface area contributed by atoms with Crippen molar-refractivity contribution in [3.8, 4) is 11.3 Å². The lowest BCUT2D eigenvalue weighted by atomic mass is 10.1. The normalized spacial score (nSPS) is 14.5. The molecule has 0 spiro atoms. The summed E-state index contributed by atoms with van der Waals surface area (Å²) in [5.41, 5.74) is 4.57. The molecule has 0 amide bonds. The summed E-state index contributed by atoms with van der Waals surface area (Å²) >= 11 is 0. The van der Waals surface area contributed by atoms with Crippen LogP contribution in [0.4, 0.5) is 5.82 Å². The van der Waals surface area contributed by atoms with Crippen LogP contribution in [-0.2, 0) is 11.3 Å². The van der Waals surface area contributed by atoms with Crippen LogP contribution in [0.5, 0.6) is 0 Å². The molecule has 1 aromatic carbocycles. The molecule has 1 fully saturated rings. The Morgan fingerprint density at radius 2 is 1.71 bits per heavy atom. The summed E-state index contributed by atoms with van der Waals surface area (Å²) in [7, 11) is 0. The molecule has 0 bridgehead atoms. The van der Waals surface area contributed by atoms with E-state index in [0.717, 1.165) is 49.9 Å². The molecule has 5 nitrogen and oxygen atoms in total. The molecule has 4 heterocycles. The van der Waals surface area contributed by atoms with Gasteiger partial charge in [-0.1, -0.05) is 30.3 Å². The lowest BCUT2D eigenvalue weighted by Crippen LogP contribution is -2.36. The second kappa shape index (κ2) is 7.44. The molecule has 0 saturated carbocycles. The van der Waals surface area contributed by atoms with Crippen molar-refractivity contribution >= 4 is 16.7 Å². The van der Waals surface area contributed by atoms with Gasteiger partial charge >= 0.3 is 0 Å². The Kier molecular flexibility index (Phi) is 4.51. The van der Waals surface area contributed by atoms with Crippen LogP contribution in [-0.4, -0.2) is 40.8 Å².